The van der Waals surface area contributed by atoms with Gasteiger partial charge in [0.05, 0.1) is 11.1 Å². The smallest absolute Gasteiger partial charge is 0.335 e. The van der Waals surface area contributed by atoms with Crippen LogP contribution in [0.3, 0.4) is 0 Å². The second-order valence-corrected chi connectivity index (χ2v) is 5.94. The third-order valence-electron chi connectivity index (χ3n) is 3.85. The topological polar surface area (TPSA) is 81.7 Å². The molecule has 0 aliphatic carbocycles. The Labute approximate surface area is 128 Å². The molecule has 1 heterocycles. The van der Waals surface area contributed by atoms with Gasteiger partial charge < -0.3 is 10.4 Å². The van der Waals surface area contributed by atoms with Crippen molar-refractivity contribution in [3.05, 3.63) is 35.4 Å². The lowest BCUT2D eigenvalue weighted by atomic mass is 9.83. The van der Waals surface area contributed by atoms with E-state index in [1.54, 1.807) is 12.1 Å². The average Bonchev–Trinajstić information content (AvgIpc) is 2.53. The molecule has 0 radical (unpaired) electrons. The molecule has 6 nitrogen and oxygen atoms in total. The number of piperidine rings is 1. The molecular weight excluding hydrogens is 290 g/mol. The van der Waals surface area contributed by atoms with Crippen LogP contribution in [0.25, 0.3) is 0 Å². The minimum absolute atomic E-state index is 0.229. The Hall–Kier alpha value is -1.57. The second kappa shape index (κ2) is 6.93. The molecule has 1 unspecified atom stereocenters. The summed E-state index contributed by atoms with van der Waals surface area (Å²) < 4.78 is 4.71. The number of nitrogens with zero attached hydrogens (tertiary/aromatic N) is 1. The van der Waals surface area contributed by atoms with Gasteiger partial charge in [-0.05, 0) is 37.6 Å². The molecular formula is C14H19N3O3S. The number of carboxylic acids is 1. The third-order valence-corrected chi connectivity index (χ3v) is 4.62. The summed E-state index contributed by atoms with van der Waals surface area (Å²) in [6.07, 6.45) is 2.63. The third kappa shape index (κ3) is 3.55. The van der Waals surface area contributed by atoms with Crippen molar-refractivity contribution >= 4 is 24.5 Å². The molecule has 1 saturated heterocycles. The van der Waals surface area contributed by atoms with Gasteiger partial charge in [0.1, 0.15) is 0 Å². The van der Waals surface area contributed by atoms with Crippen LogP contribution in [0.2, 0.25) is 0 Å². The van der Waals surface area contributed by atoms with Crippen molar-refractivity contribution in [3.8, 4) is 0 Å². The Morgan fingerprint density at radius 1 is 1.43 bits per heavy atom. The number of carbonyl (C=O) groups is 2. The molecule has 0 spiro atoms. The maximum Gasteiger partial charge on any atom is 0.335 e. The highest BCUT2D eigenvalue weighted by molar-refractivity contribution is 7.95. The highest BCUT2D eigenvalue weighted by Crippen LogP contribution is 2.33. The van der Waals surface area contributed by atoms with Crippen molar-refractivity contribution in [2.75, 3.05) is 20.1 Å². The fraction of sp³-hybridized carbons (Fsp3) is 0.429. The monoisotopic (exact) mass is 309 g/mol. The number of rotatable bonds is 6. The van der Waals surface area contributed by atoms with Gasteiger partial charge in [-0.15, -0.1) is 0 Å². The molecule has 1 aromatic carbocycles. The number of carbonyl (C=O) groups excluding carboxylic acids is 1. The van der Waals surface area contributed by atoms with Gasteiger partial charge in [0.15, 0.2) is 0 Å². The van der Waals surface area contributed by atoms with Gasteiger partial charge in [-0.3, -0.25) is 9.52 Å². The minimum Gasteiger partial charge on any atom is -0.478 e. The highest BCUT2D eigenvalue weighted by Gasteiger charge is 2.36. The first-order valence-electron chi connectivity index (χ1n) is 6.75. The fourth-order valence-electron chi connectivity index (χ4n) is 2.71. The van der Waals surface area contributed by atoms with Crippen LogP contribution < -0.4 is 10.0 Å². The molecule has 1 fully saturated rings. The number of likely N-dealkylation sites (N-methyl/N-ethyl adjacent to an activating group) is 1. The lowest BCUT2D eigenvalue weighted by molar-refractivity contribution is -0.108. The number of hydrogen-bond donors (Lipinski definition) is 3. The molecule has 7 heteroatoms. The molecule has 0 saturated carbocycles. The SMILES string of the molecule is CNC1(c2ccc(C(=O)O)cc2)CCCN(SNC=O)C1. The lowest BCUT2D eigenvalue weighted by Gasteiger charge is -2.42. The summed E-state index contributed by atoms with van der Waals surface area (Å²) in [5.74, 6) is -0.920. The van der Waals surface area contributed by atoms with E-state index in [1.807, 2.05) is 19.2 Å². The van der Waals surface area contributed by atoms with Crippen LogP contribution >= 0.6 is 12.1 Å². The lowest BCUT2D eigenvalue weighted by Crippen LogP contribution is -2.52. The molecule has 1 aliphatic heterocycles. The zero-order chi connectivity index (χ0) is 15.3. The van der Waals surface area contributed by atoms with Crippen molar-refractivity contribution in [2.45, 2.75) is 18.4 Å². The van der Waals surface area contributed by atoms with E-state index in [4.69, 9.17) is 5.11 Å². The highest BCUT2D eigenvalue weighted by atomic mass is 32.2. The first-order chi connectivity index (χ1) is 10.1. The van der Waals surface area contributed by atoms with E-state index < -0.39 is 5.97 Å². The van der Waals surface area contributed by atoms with Crippen molar-refractivity contribution < 1.29 is 14.7 Å². The van der Waals surface area contributed by atoms with E-state index in [0.717, 1.165) is 31.5 Å². The van der Waals surface area contributed by atoms with Gasteiger partial charge in [0.2, 0.25) is 6.41 Å². The van der Waals surface area contributed by atoms with Gasteiger partial charge in [-0.1, -0.05) is 12.1 Å². The predicted octanol–water partition coefficient (Wildman–Crippen LogP) is 1.20. The van der Waals surface area contributed by atoms with Crippen molar-refractivity contribution in [2.24, 2.45) is 0 Å². The molecule has 114 valence electrons. The zero-order valence-electron chi connectivity index (χ0n) is 11.8. The van der Waals surface area contributed by atoms with Gasteiger partial charge >= 0.3 is 5.97 Å². The number of aromatic carboxylic acids is 1. The summed E-state index contributed by atoms with van der Waals surface area (Å²) in [7, 11) is 1.91. The Kier molecular flexibility index (Phi) is 5.22. The van der Waals surface area contributed by atoms with Crippen molar-refractivity contribution in [1.82, 2.24) is 14.3 Å². The van der Waals surface area contributed by atoms with E-state index in [9.17, 15) is 9.59 Å². The van der Waals surface area contributed by atoms with E-state index >= 15 is 0 Å². The molecule has 21 heavy (non-hydrogen) atoms. The van der Waals surface area contributed by atoms with Crippen molar-refractivity contribution in [1.29, 1.82) is 0 Å². The van der Waals surface area contributed by atoms with Crippen LogP contribution in [-0.2, 0) is 10.3 Å². The summed E-state index contributed by atoms with van der Waals surface area (Å²) in [4.78, 5) is 21.4. The van der Waals surface area contributed by atoms with Crippen molar-refractivity contribution in [3.63, 3.8) is 0 Å². The second-order valence-electron chi connectivity index (χ2n) is 5.01. The van der Waals surface area contributed by atoms with E-state index in [2.05, 4.69) is 14.3 Å². The summed E-state index contributed by atoms with van der Waals surface area (Å²) in [5, 5.41) is 12.3. The molecule has 1 atom stereocenters. The van der Waals surface area contributed by atoms with Gasteiger partial charge in [0, 0.05) is 25.2 Å². The maximum absolute atomic E-state index is 10.9. The van der Waals surface area contributed by atoms with Crippen LogP contribution in [0.1, 0.15) is 28.8 Å². The van der Waals surface area contributed by atoms with Crippen LogP contribution in [0.4, 0.5) is 0 Å². The van der Waals surface area contributed by atoms with Crippen LogP contribution in [0.5, 0.6) is 0 Å². The normalized spacial score (nSPS) is 22.7. The standard InChI is InChI=1S/C14H19N3O3S/c1-15-14(7-2-8-17(9-14)21-16-10-18)12-5-3-11(4-6-12)13(19)20/h3-6,10,15H,2,7-9H2,1H3,(H,16,18)(H,19,20). The van der Waals surface area contributed by atoms with Crippen LogP contribution in [-0.4, -0.2) is 41.9 Å². The Bertz CT molecular complexity index is 509. The number of nitrogens with one attached hydrogen (secondary N) is 2. The Balaban J connectivity index is 2.19. The number of hydrogen-bond acceptors (Lipinski definition) is 5. The summed E-state index contributed by atoms with van der Waals surface area (Å²) in [5.41, 5.74) is 1.12. The summed E-state index contributed by atoms with van der Waals surface area (Å²) in [6, 6.07) is 6.99. The number of carboxylic acid groups (broad SMARTS) is 1. The largest absolute Gasteiger partial charge is 0.478 e. The molecule has 1 aliphatic rings. The fourth-order valence-corrected chi connectivity index (χ4v) is 3.40. The maximum atomic E-state index is 10.9. The average molecular weight is 309 g/mol. The quantitative estimate of drug-likeness (QED) is 0.541. The van der Waals surface area contributed by atoms with E-state index in [-0.39, 0.29) is 11.1 Å². The first-order valence-corrected chi connectivity index (χ1v) is 7.52. The Morgan fingerprint density at radius 3 is 2.71 bits per heavy atom. The number of amides is 1. The van der Waals surface area contributed by atoms with Gasteiger partial charge in [-0.25, -0.2) is 9.10 Å². The molecule has 0 aromatic heterocycles. The zero-order valence-corrected chi connectivity index (χ0v) is 12.7. The van der Waals surface area contributed by atoms with E-state index in [0.29, 0.717) is 6.41 Å². The molecule has 1 amide bonds. The van der Waals surface area contributed by atoms with Crippen LogP contribution in [0.15, 0.2) is 24.3 Å². The molecule has 3 N–H and O–H groups in total. The molecule has 2 rings (SSSR count). The summed E-state index contributed by atoms with van der Waals surface area (Å²) >= 11 is 1.30. The minimum atomic E-state index is -0.920. The van der Waals surface area contributed by atoms with E-state index in [1.165, 1.54) is 12.1 Å². The molecule has 0 bridgehead atoms. The number of benzene rings is 1. The Morgan fingerprint density at radius 2 is 2.14 bits per heavy atom. The van der Waals surface area contributed by atoms with Crippen LogP contribution in [0, 0.1) is 0 Å². The first kappa shape index (κ1) is 15.8. The predicted molar refractivity (Wildman–Crippen MR) is 81.7 cm³/mol. The molecule has 1 aromatic rings. The van der Waals surface area contributed by atoms with Gasteiger partial charge in [-0.2, -0.15) is 0 Å². The van der Waals surface area contributed by atoms with Gasteiger partial charge in [0.25, 0.3) is 0 Å². The summed E-state index contributed by atoms with van der Waals surface area (Å²) in [6.45, 7) is 1.64.